The molecule has 0 amide bonds. The maximum Gasteiger partial charge on any atom is 0.215 e. The Balaban J connectivity index is 1.66. The highest BCUT2D eigenvalue weighted by molar-refractivity contribution is 7.95. The second-order valence-corrected chi connectivity index (χ2v) is 9.42. The van der Waals surface area contributed by atoms with Crippen LogP contribution in [0.5, 0.6) is 0 Å². The normalized spacial score (nSPS) is 43.5. The summed E-state index contributed by atoms with van der Waals surface area (Å²) in [5, 5.41) is 2.44. The molecule has 3 aliphatic rings. The Morgan fingerprint density at radius 2 is 1.82 bits per heavy atom. The van der Waals surface area contributed by atoms with E-state index in [1.165, 1.54) is 0 Å². The van der Waals surface area contributed by atoms with Gasteiger partial charge in [-0.2, -0.15) is 0 Å². The van der Waals surface area contributed by atoms with E-state index in [-0.39, 0.29) is 24.0 Å². The van der Waals surface area contributed by atoms with Crippen molar-refractivity contribution in [2.24, 2.45) is 11.8 Å². The summed E-state index contributed by atoms with van der Waals surface area (Å²) in [6.45, 7) is 1.72. The minimum absolute atomic E-state index is 0.00233. The average Bonchev–Trinajstić information content (AvgIpc) is 2.68. The van der Waals surface area contributed by atoms with Gasteiger partial charge in [-0.05, 0) is 31.3 Å². The van der Waals surface area contributed by atoms with Crippen molar-refractivity contribution < 1.29 is 16.8 Å². The summed E-state index contributed by atoms with van der Waals surface area (Å²) in [7, 11) is -6.61. The third kappa shape index (κ3) is 2.11. The minimum Gasteiger partial charge on any atom is -0.316 e. The summed E-state index contributed by atoms with van der Waals surface area (Å²) < 4.78 is 49.3. The highest BCUT2D eigenvalue weighted by atomic mass is 32.2. The molecule has 0 spiro atoms. The van der Waals surface area contributed by atoms with Crippen molar-refractivity contribution in [3.63, 3.8) is 0 Å². The van der Waals surface area contributed by atoms with Crippen LogP contribution in [0.1, 0.15) is 6.42 Å². The molecule has 1 saturated carbocycles. The molecule has 2 heterocycles. The van der Waals surface area contributed by atoms with Crippen molar-refractivity contribution in [3.8, 4) is 0 Å². The molecule has 0 bridgehead atoms. The lowest BCUT2D eigenvalue weighted by Gasteiger charge is -2.12. The zero-order chi connectivity index (χ0) is 12.3. The Hall–Kier alpha value is -0.180. The van der Waals surface area contributed by atoms with Crippen LogP contribution < -0.4 is 10.0 Å². The Labute approximate surface area is 101 Å². The highest BCUT2D eigenvalue weighted by Crippen LogP contribution is 2.42. The molecule has 0 aromatic heterocycles. The minimum atomic E-state index is -3.47. The molecule has 6 nitrogen and oxygen atoms in total. The smallest absolute Gasteiger partial charge is 0.215 e. The standard InChI is InChI=1S/C9H16N2O4S2/c12-16(13)2-1-6(5-16)17(14,15)11-9-7-3-10-4-8(7)9/h6-11H,1-5H2. The van der Waals surface area contributed by atoms with E-state index in [0.29, 0.717) is 11.8 Å². The number of sulfone groups is 1. The molecule has 3 unspecified atom stereocenters. The quantitative estimate of drug-likeness (QED) is 0.643. The van der Waals surface area contributed by atoms with Gasteiger partial charge >= 0.3 is 0 Å². The van der Waals surface area contributed by atoms with Crippen LogP contribution in [-0.2, 0) is 19.9 Å². The first-order chi connectivity index (χ1) is 7.89. The molecule has 0 radical (unpaired) electrons. The zero-order valence-corrected chi connectivity index (χ0v) is 10.9. The van der Waals surface area contributed by atoms with E-state index >= 15 is 0 Å². The maximum atomic E-state index is 12.0. The van der Waals surface area contributed by atoms with Gasteiger partial charge in [0.1, 0.15) is 0 Å². The van der Waals surface area contributed by atoms with Gasteiger partial charge in [-0.25, -0.2) is 21.6 Å². The van der Waals surface area contributed by atoms with Crippen LogP contribution >= 0.6 is 0 Å². The molecule has 2 aliphatic heterocycles. The molecule has 2 saturated heterocycles. The van der Waals surface area contributed by atoms with Gasteiger partial charge in [-0.15, -0.1) is 0 Å². The number of sulfonamides is 1. The number of hydrogen-bond donors (Lipinski definition) is 2. The molecule has 0 aromatic carbocycles. The van der Waals surface area contributed by atoms with Gasteiger partial charge in [0.05, 0.1) is 16.8 Å². The maximum absolute atomic E-state index is 12.0. The highest BCUT2D eigenvalue weighted by Gasteiger charge is 2.55. The third-order valence-corrected chi connectivity index (χ3v) is 7.88. The summed E-state index contributed by atoms with van der Waals surface area (Å²) in [6, 6.07) is 0.0320. The SMILES string of the molecule is O=S1(=O)CCC(S(=O)(=O)NC2C3CNCC32)C1. The fraction of sp³-hybridized carbons (Fsp3) is 1.00. The van der Waals surface area contributed by atoms with Crippen LogP contribution in [0.15, 0.2) is 0 Å². The number of nitrogens with one attached hydrogen (secondary N) is 2. The summed E-state index contributed by atoms with van der Waals surface area (Å²) in [5.41, 5.74) is 0. The monoisotopic (exact) mass is 280 g/mol. The summed E-state index contributed by atoms with van der Waals surface area (Å²) in [5.74, 6) is 0.589. The van der Waals surface area contributed by atoms with Crippen molar-refractivity contribution in [2.45, 2.75) is 17.7 Å². The Morgan fingerprint density at radius 1 is 1.18 bits per heavy atom. The largest absolute Gasteiger partial charge is 0.316 e. The summed E-state index contributed by atoms with van der Waals surface area (Å²) in [4.78, 5) is 0. The van der Waals surface area contributed by atoms with Gasteiger partial charge < -0.3 is 5.32 Å². The molecule has 17 heavy (non-hydrogen) atoms. The molecule has 8 heteroatoms. The first-order valence-corrected chi connectivity index (χ1v) is 9.18. The fourth-order valence-electron chi connectivity index (χ4n) is 2.88. The molecule has 1 aliphatic carbocycles. The first-order valence-electron chi connectivity index (χ1n) is 5.81. The number of rotatable bonds is 3. The average molecular weight is 280 g/mol. The number of hydrogen-bond acceptors (Lipinski definition) is 5. The molecular weight excluding hydrogens is 264 g/mol. The first kappa shape index (κ1) is 11.9. The molecule has 3 atom stereocenters. The van der Waals surface area contributed by atoms with Crippen molar-refractivity contribution in [3.05, 3.63) is 0 Å². The Morgan fingerprint density at radius 3 is 2.35 bits per heavy atom. The van der Waals surface area contributed by atoms with Crippen LogP contribution in [0, 0.1) is 11.8 Å². The van der Waals surface area contributed by atoms with Gasteiger partial charge in [0, 0.05) is 6.04 Å². The summed E-state index contributed by atoms with van der Waals surface area (Å²) >= 11 is 0. The van der Waals surface area contributed by atoms with Crippen LogP contribution in [0.4, 0.5) is 0 Å². The third-order valence-electron chi connectivity index (χ3n) is 4.02. The van der Waals surface area contributed by atoms with Gasteiger partial charge in [0.2, 0.25) is 10.0 Å². The molecule has 0 aromatic rings. The van der Waals surface area contributed by atoms with E-state index in [1.807, 2.05) is 0 Å². The predicted octanol–water partition coefficient (Wildman–Crippen LogP) is -1.69. The van der Waals surface area contributed by atoms with E-state index in [9.17, 15) is 16.8 Å². The molecule has 3 rings (SSSR count). The molecule has 2 N–H and O–H groups in total. The topological polar surface area (TPSA) is 92.3 Å². The van der Waals surface area contributed by atoms with Crippen molar-refractivity contribution >= 4 is 19.9 Å². The fourth-order valence-corrected chi connectivity index (χ4v) is 7.27. The lowest BCUT2D eigenvalue weighted by atomic mass is 10.4. The van der Waals surface area contributed by atoms with Crippen LogP contribution in [0.2, 0.25) is 0 Å². The number of fused-ring (bicyclic) bond motifs is 1. The Bertz CT molecular complexity index is 517. The van der Waals surface area contributed by atoms with Crippen molar-refractivity contribution in [2.75, 3.05) is 24.6 Å². The van der Waals surface area contributed by atoms with E-state index in [1.54, 1.807) is 0 Å². The predicted molar refractivity (Wildman–Crippen MR) is 62.8 cm³/mol. The molecule has 98 valence electrons. The second-order valence-electron chi connectivity index (χ2n) is 5.20. The number of piperidine rings is 1. The van der Waals surface area contributed by atoms with Crippen molar-refractivity contribution in [1.29, 1.82) is 0 Å². The summed E-state index contributed by atoms with van der Waals surface area (Å²) in [6.07, 6.45) is 0.234. The lowest BCUT2D eigenvalue weighted by Crippen LogP contribution is -2.39. The Kier molecular flexibility index (Phi) is 2.56. The van der Waals surface area contributed by atoms with E-state index in [4.69, 9.17) is 0 Å². The van der Waals surface area contributed by atoms with Crippen LogP contribution in [-0.4, -0.2) is 52.7 Å². The van der Waals surface area contributed by atoms with Crippen LogP contribution in [0.3, 0.4) is 0 Å². The lowest BCUT2D eigenvalue weighted by molar-refractivity contribution is 0.553. The molecular formula is C9H16N2O4S2. The van der Waals surface area contributed by atoms with Crippen molar-refractivity contribution in [1.82, 2.24) is 10.0 Å². The van der Waals surface area contributed by atoms with Gasteiger partial charge in [0.25, 0.3) is 0 Å². The van der Waals surface area contributed by atoms with E-state index in [2.05, 4.69) is 10.0 Å². The van der Waals surface area contributed by atoms with E-state index < -0.39 is 25.1 Å². The second kappa shape index (κ2) is 3.66. The van der Waals surface area contributed by atoms with Crippen LogP contribution in [0.25, 0.3) is 0 Å². The van der Waals surface area contributed by atoms with Gasteiger partial charge in [-0.1, -0.05) is 0 Å². The van der Waals surface area contributed by atoms with E-state index in [0.717, 1.165) is 13.1 Å². The molecule has 3 fully saturated rings. The van der Waals surface area contributed by atoms with Gasteiger partial charge in [-0.3, -0.25) is 0 Å². The zero-order valence-electron chi connectivity index (χ0n) is 9.29. The van der Waals surface area contributed by atoms with Gasteiger partial charge in [0.15, 0.2) is 9.84 Å².